The highest BCUT2D eigenvalue weighted by Gasteiger charge is 2.62. The first-order valence-corrected chi connectivity index (χ1v) is 13.2. The molecule has 2 aromatic rings. The van der Waals surface area contributed by atoms with E-state index in [-0.39, 0.29) is 40.4 Å². The van der Waals surface area contributed by atoms with Crippen LogP contribution in [0.5, 0.6) is 0 Å². The summed E-state index contributed by atoms with van der Waals surface area (Å²) in [6.45, 7) is 8.53. The Hall–Kier alpha value is -3.16. The highest BCUT2D eigenvalue weighted by Crippen LogP contribution is 2.54. The molecule has 36 heavy (non-hydrogen) atoms. The molecule has 4 fully saturated rings. The van der Waals surface area contributed by atoms with Crippen LogP contribution in [0.1, 0.15) is 49.0 Å². The van der Waals surface area contributed by atoms with Gasteiger partial charge in [-0.05, 0) is 30.2 Å². The summed E-state index contributed by atoms with van der Waals surface area (Å²) in [5, 5.41) is 4.41. The normalized spacial score (nSPS) is 25.8. The van der Waals surface area contributed by atoms with Gasteiger partial charge in [0.05, 0.1) is 24.2 Å². The topological polar surface area (TPSA) is 78.8 Å². The van der Waals surface area contributed by atoms with Crippen LogP contribution in [-0.2, 0) is 16.1 Å². The minimum atomic E-state index is -0.343. The largest absolute Gasteiger partial charge is 0.342 e. The molecule has 0 N–H and O–H groups in total. The van der Waals surface area contributed by atoms with Crippen molar-refractivity contribution in [2.24, 2.45) is 22.7 Å². The minimum Gasteiger partial charge on any atom is -0.342 e. The van der Waals surface area contributed by atoms with Gasteiger partial charge in [-0.3, -0.25) is 19.1 Å². The van der Waals surface area contributed by atoms with E-state index in [2.05, 4.69) is 18.9 Å². The summed E-state index contributed by atoms with van der Waals surface area (Å²) in [6.07, 6.45) is 6.43. The molecule has 1 spiro atoms. The predicted molar refractivity (Wildman–Crippen MR) is 134 cm³/mol. The van der Waals surface area contributed by atoms with Gasteiger partial charge in [0.2, 0.25) is 11.8 Å². The number of aromatic nitrogens is 2. The third-order valence-electron chi connectivity index (χ3n) is 8.85. The molecule has 1 aromatic heterocycles. The van der Waals surface area contributed by atoms with Gasteiger partial charge in [-0.15, -0.1) is 0 Å². The Labute approximate surface area is 212 Å². The van der Waals surface area contributed by atoms with Crippen molar-refractivity contribution in [3.05, 3.63) is 53.9 Å². The number of amides is 3. The van der Waals surface area contributed by atoms with Gasteiger partial charge < -0.3 is 14.7 Å². The molecule has 190 valence electrons. The van der Waals surface area contributed by atoms with Crippen LogP contribution in [0.4, 0.5) is 0 Å². The van der Waals surface area contributed by atoms with Crippen molar-refractivity contribution in [1.29, 1.82) is 0 Å². The standard InChI is InChI=1S/C28H35N5O3/c1-27(2)12-22(27)25(35)32-18-28(19-32)17-31(16-23(28)26(36)30-10-6-7-11-30)24(34)21-13-29-33(15-21)14-20-8-4-3-5-9-20/h3-5,8-9,13,15,22-23H,6-7,10-12,14,16-19H2,1-2H3/t22-,23+/m1/s1. The van der Waals surface area contributed by atoms with Gasteiger partial charge >= 0.3 is 0 Å². The molecule has 6 rings (SSSR count). The highest BCUT2D eigenvalue weighted by molar-refractivity contribution is 5.95. The van der Waals surface area contributed by atoms with E-state index in [1.165, 1.54) is 0 Å². The average molecular weight is 490 g/mol. The van der Waals surface area contributed by atoms with Crippen molar-refractivity contribution < 1.29 is 14.4 Å². The molecule has 3 saturated heterocycles. The molecular weight excluding hydrogens is 454 g/mol. The Morgan fingerprint density at radius 2 is 1.56 bits per heavy atom. The molecule has 4 aliphatic rings. The molecule has 3 amide bonds. The lowest BCUT2D eigenvalue weighted by atomic mass is 9.70. The van der Waals surface area contributed by atoms with Gasteiger partial charge in [0, 0.05) is 56.8 Å². The van der Waals surface area contributed by atoms with E-state index in [4.69, 9.17) is 0 Å². The summed E-state index contributed by atoms with van der Waals surface area (Å²) < 4.78 is 1.78. The molecule has 8 heteroatoms. The van der Waals surface area contributed by atoms with Crippen molar-refractivity contribution in [2.45, 2.75) is 39.7 Å². The van der Waals surface area contributed by atoms with Gasteiger partial charge in [-0.1, -0.05) is 44.2 Å². The summed E-state index contributed by atoms with van der Waals surface area (Å²) in [7, 11) is 0. The Kier molecular flexibility index (Phi) is 5.46. The highest BCUT2D eigenvalue weighted by atomic mass is 16.2. The predicted octanol–water partition coefficient (Wildman–Crippen LogP) is 2.50. The van der Waals surface area contributed by atoms with E-state index >= 15 is 0 Å². The van der Waals surface area contributed by atoms with Gasteiger partial charge in [-0.2, -0.15) is 5.10 Å². The maximum absolute atomic E-state index is 13.6. The van der Waals surface area contributed by atoms with Crippen molar-refractivity contribution in [2.75, 3.05) is 39.3 Å². The maximum atomic E-state index is 13.6. The Morgan fingerprint density at radius 1 is 0.917 bits per heavy atom. The maximum Gasteiger partial charge on any atom is 0.257 e. The van der Waals surface area contributed by atoms with Crippen molar-refractivity contribution in [1.82, 2.24) is 24.5 Å². The van der Waals surface area contributed by atoms with E-state index in [0.717, 1.165) is 37.9 Å². The van der Waals surface area contributed by atoms with E-state index in [9.17, 15) is 14.4 Å². The second kappa shape index (κ2) is 8.46. The van der Waals surface area contributed by atoms with Crippen LogP contribution in [0.15, 0.2) is 42.7 Å². The molecule has 0 unspecified atom stereocenters. The number of rotatable bonds is 5. The number of carbonyl (C=O) groups excluding carboxylic acids is 3. The lowest BCUT2D eigenvalue weighted by Crippen LogP contribution is -2.64. The van der Waals surface area contributed by atoms with Gasteiger partial charge in [0.25, 0.3) is 5.91 Å². The molecule has 2 atom stereocenters. The molecule has 3 aliphatic heterocycles. The van der Waals surface area contributed by atoms with Crippen LogP contribution in [0.2, 0.25) is 0 Å². The smallest absolute Gasteiger partial charge is 0.257 e. The molecule has 0 radical (unpaired) electrons. The van der Waals surface area contributed by atoms with Crippen LogP contribution >= 0.6 is 0 Å². The van der Waals surface area contributed by atoms with Crippen LogP contribution in [0.25, 0.3) is 0 Å². The number of hydrogen-bond donors (Lipinski definition) is 0. The summed E-state index contributed by atoms with van der Waals surface area (Å²) in [4.78, 5) is 45.8. The van der Waals surface area contributed by atoms with Gasteiger partial charge in [0.1, 0.15) is 0 Å². The number of nitrogens with zero attached hydrogens (tertiary/aromatic N) is 5. The Bertz CT molecular complexity index is 1180. The second-order valence-electron chi connectivity index (χ2n) is 12.0. The van der Waals surface area contributed by atoms with Crippen molar-refractivity contribution in [3.63, 3.8) is 0 Å². The van der Waals surface area contributed by atoms with Gasteiger partial charge in [0.15, 0.2) is 0 Å². The quantitative estimate of drug-likeness (QED) is 0.647. The minimum absolute atomic E-state index is 0.0847. The molecule has 1 aromatic carbocycles. The Morgan fingerprint density at radius 3 is 2.22 bits per heavy atom. The van der Waals surface area contributed by atoms with E-state index in [0.29, 0.717) is 38.3 Å². The van der Waals surface area contributed by atoms with Gasteiger partial charge in [-0.25, -0.2) is 0 Å². The first-order valence-electron chi connectivity index (χ1n) is 13.2. The molecular formula is C28H35N5O3. The Balaban J connectivity index is 1.18. The van der Waals surface area contributed by atoms with Crippen molar-refractivity contribution in [3.8, 4) is 0 Å². The molecule has 1 aliphatic carbocycles. The second-order valence-corrected chi connectivity index (χ2v) is 12.0. The monoisotopic (exact) mass is 489 g/mol. The van der Waals surface area contributed by atoms with Crippen molar-refractivity contribution >= 4 is 17.7 Å². The van der Waals surface area contributed by atoms with E-state index in [1.54, 1.807) is 17.1 Å². The fourth-order valence-corrected chi connectivity index (χ4v) is 6.43. The molecule has 1 saturated carbocycles. The zero-order chi connectivity index (χ0) is 25.1. The number of carbonyl (C=O) groups is 3. The molecule has 0 bridgehead atoms. The zero-order valence-corrected chi connectivity index (χ0v) is 21.2. The SMILES string of the molecule is CC1(C)C[C@@H]1C(=O)N1CC2(CN(C(=O)c3cnn(Cc4ccccc4)c3)C[C@H]2C(=O)N2CCCC2)C1. The zero-order valence-electron chi connectivity index (χ0n) is 21.2. The first kappa shape index (κ1) is 23.3. The third kappa shape index (κ3) is 4.00. The van der Waals surface area contributed by atoms with Crippen LogP contribution in [0, 0.1) is 22.7 Å². The summed E-state index contributed by atoms with van der Waals surface area (Å²) >= 11 is 0. The lowest BCUT2D eigenvalue weighted by molar-refractivity contribution is -0.154. The fourth-order valence-electron chi connectivity index (χ4n) is 6.43. The summed E-state index contributed by atoms with van der Waals surface area (Å²) in [6, 6.07) is 10.0. The van der Waals surface area contributed by atoms with Crippen LogP contribution in [-0.4, -0.2) is 81.5 Å². The average Bonchev–Trinajstić information content (AvgIpc) is 3.37. The number of benzene rings is 1. The lowest BCUT2D eigenvalue weighted by Gasteiger charge is -2.51. The van der Waals surface area contributed by atoms with Crippen LogP contribution in [0.3, 0.4) is 0 Å². The third-order valence-corrected chi connectivity index (χ3v) is 8.85. The first-order chi connectivity index (χ1) is 17.3. The fraction of sp³-hybridized carbons (Fsp3) is 0.571. The number of likely N-dealkylation sites (tertiary alicyclic amines) is 3. The van der Waals surface area contributed by atoms with E-state index < -0.39 is 0 Å². The van der Waals surface area contributed by atoms with Crippen LogP contribution < -0.4 is 0 Å². The summed E-state index contributed by atoms with van der Waals surface area (Å²) in [5.74, 6) is 0.122. The number of hydrogen-bond acceptors (Lipinski definition) is 4. The van der Waals surface area contributed by atoms with E-state index in [1.807, 2.05) is 45.0 Å². The summed E-state index contributed by atoms with van der Waals surface area (Å²) in [5.41, 5.74) is 1.41. The molecule has 8 nitrogen and oxygen atoms in total. The molecule has 4 heterocycles.